The van der Waals surface area contributed by atoms with E-state index in [0.29, 0.717) is 0 Å². The molecule has 1 aromatic carbocycles. The number of nitrogens with one attached hydrogen (secondary N) is 1. The zero-order valence-corrected chi connectivity index (χ0v) is 12.6. The molecule has 2 unspecified atom stereocenters. The molecule has 2 aromatic rings. The van der Waals surface area contributed by atoms with E-state index in [-0.39, 0.29) is 12.0 Å². The van der Waals surface area contributed by atoms with Crippen LogP contribution in [0.3, 0.4) is 0 Å². The van der Waals surface area contributed by atoms with Crippen molar-refractivity contribution in [2.45, 2.75) is 25.3 Å². The summed E-state index contributed by atoms with van der Waals surface area (Å²) in [5, 5.41) is 8.05. The van der Waals surface area contributed by atoms with Crippen molar-refractivity contribution in [3.63, 3.8) is 0 Å². The number of benzene rings is 1. The number of nitrogens with zero attached hydrogens (tertiary/aromatic N) is 3. The Bertz CT molecular complexity index is 506. The van der Waals surface area contributed by atoms with Gasteiger partial charge in [-0.15, -0.1) is 5.10 Å². The van der Waals surface area contributed by atoms with Crippen LogP contribution in [0.15, 0.2) is 34.9 Å². The zero-order chi connectivity index (χ0) is 13.8. The van der Waals surface area contributed by atoms with Crippen LogP contribution in [-0.4, -0.2) is 15.0 Å². The molecule has 0 amide bonds. The first kappa shape index (κ1) is 14.2. The molecule has 0 aliphatic rings. The van der Waals surface area contributed by atoms with E-state index in [1.807, 2.05) is 25.2 Å². The molecular weight excluding hydrogens is 306 g/mol. The molecule has 0 spiro atoms. The third-order valence-electron chi connectivity index (χ3n) is 3.37. The lowest BCUT2D eigenvalue weighted by atomic mass is 9.88. The molecule has 6 heteroatoms. The van der Waals surface area contributed by atoms with E-state index >= 15 is 0 Å². The van der Waals surface area contributed by atoms with Crippen molar-refractivity contribution >= 4 is 15.9 Å². The van der Waals surface area contributed by atoms with Crippen molar-refractivity contribution < 1.29 is 0 Å². The maximum absolute atomic E-state index is 5.78. The minimum atomic E-state index is -0.0400. The Balaban J connectivity index is 2.40. The van der Waals surface area contributed by atoms with Crippen LogP contribution < -0.4 is 11.3 Å². The standard InChI is InChI=1S/C13H18BrN5/c1-3-10(9-7-5-4-6-8-9)11(16-15)12-13(14)17-18-19(12)2/h4-8,10-11,16H,3,15H2,1-2H3. The highest BCUT2D eigenvalue weighted by atomic mass is 79.9. The number of hydrogen-bond donors (Lipinski definition) is 2. The molecule has 102 valence electrons. The van der Waals surface area contributed by atoms with E-state index < -0.39 is 0 Å². The molecule has 2 atom stereocenters. The summed E-state index contributed by atoms with van der Waals surface area (Å²) < 4.78 is 2.48. The van der Waals surface area contributed by atoms with Crippen LogP contribution in [0, 0.1) is 0 Å². The highest BCUT2D eigenvalue weighted by Crippen LogP contribution is 2.35. The van der Waals surface area contributed by atoms with Gasteiger partial charge in [0.1, 0.15) is 0 Å². The monoisotopic (exact) mass is 323 g/mol. The average Bonchev–Trinajstić information content (AvgIpc) is 2.77. The number of hydrazine groups is 1. The molecule has 1 heterocycles. The van der Waals surface area contributed by atoms with Crippen molar-refractivity contribution in [2.75, 3.05) is 0 Å². The second-order valence-electron chi connectivity index (χ2n) is 4.46. The summed E-state index contributed by atoms with van der Waals surface area (Å²) in [6, 6.07) is 10.3. The van der Waals surface area contributed by atoms with E-state index in [4.69, 9.17) is 5.84 Å². The van der Waals surface area contributed by atoms with Gasteiger partial charge in [0.2, 0.25) is 0 Å². The number of rotatable bonds is 5. The number of nitrogens with two attached hydrogens (primary N) is 1. The maximum Gasteiger partial charge on any atom is 0.153 e. The fourth-order valence-corrected chi connectivity index (χ4v) is 2.99. The molecule has 0 fully saturated rings. The van der Waals surface area contributed by atoms with Gasteiger partial charge in [0.25, 0.3) is 0 Å². The Morgan fingerprint density at radius 3 is 2.53 bits per heavy atom. The van der Waals surface area contributed by atoms with Crippen LogP contribution >= 0.6 is 15.9 Å². The van der Waals surface area contributed by atoms with Gasteiger partial charge in [0, 0.05) is 13.0 Å². The van der Waals surface area contributed by atoms with Gasteiger partial charge >= 0.3 is 0 Å². The smallest absolute Gasteiger partial charge is 0.153 e. The second-order valence-corrected chi connectivity index (χ2v) is 5.21. The molecule has 0 saturated carbocycles. The van der Waals surface area contributed by atoms with Gasteiger partial charge in [0.05, 0.1) is 11.7 Å². The number of aryl methyl sites for hydroxylation is 1. The summed E-state index contributed by atoms with van der Waals surface area (Å²) in [6.45, 7) is 2.15. The molecule has 2 rings (SSSR count). The predicted molar refractivity (Wildman–Crippen MR) is 78.2 cm³/mol. The average molecular weight is 324 g/mol. The topological polar surface area (TPSA) is 68.8 Å². The largest absolute Gasteiger partial charge is 0.271 e. The summed E-state index contributed by atoms with van der Waals surface area (Å²) in [5.41, 5.74) is 5.11. The van der Waals surface area contributed by atoms with Crippen LogP contribution in [0.25, 0.3) is 0 Å². The predicted octanol–water partition coefficient (Wildman–Crippen LogP) is 2.28. The first-order chi connectivity index (χ1) is 9.19. The summed E-state index contributed by atoms with van der Waals surface area (Å²) >= 11 is 3.44. The Morgan fingerprint density at radius 2 is 2.05 bits per heavy atom. The van der Waals surface area contributed by atoms with Crippen molar-refractivity contribution in [1.82, 2.24) is 20.4 Å². The van der Waals surface area contributed by atoms with Crippen LogP contribution in [0.4, 0.5) is 0 Å². The molecule has 0 aliphatic heterocycles. The number of halogens is 1. The Hall–Kier alpha value is -1.24. The normalized spacial score (nSPS) is 14.3. The second kappa shape index (κ2) is 6.27. The molecule has 0 bridgehead atoms. The summed E-state index contributed by atoms with van der Waals surface area (Å²) in [6.07, 6.45) is 0.969. The lowest BCUT2D eigenvalue weighted by Gasteiger charge is -2.26. The van der Waals surface area contributed by atoms with Gasteiger partial charge in [-0.05, 0) is 27.9 Å². The fourth-order valence-electron chi connectivity index (χ4n) is 2.42. The third-order valence-corrected chi connectivity index (χ3v) is 3.94. The SMILES string of the molecule is CCC(c1ccccc1)C(NN)c1c(Br)nnn1C. The van der Waals surface area contributed by atoms with E-state index in [1.54, 1.807) is 4.68 Å². The van der Waals surface area contributed by atoms with Crippen LogP contribution in [-0.2, 0) is 7.05 Å². The molecule has 0 saturated heterocycles. The van der Waals surface area contributed by atoms with Gasteiger partial charge in [-0.1, -0.05) is 42.5 Å². The summed E-state index contributed by atoms with van der Waals surface area (Å²) in [4.78, 5) is 0. The summed E-state index contributed by atoms with van der Waals surface area (Å²) in [7, 11) is 1.87. The van der Waals surface area contributed by atoms with Crippen LogP contribution in [0.5, 0.6) is 0 Å². The van der Waals surface area contributed by atoms with E-state index in [9.17, 15) is 0 Å². The Kier molecular flexibility index (Phi) is 4.68. The minimum absolute atomic E-state index is 0.0400. The minimum Gasteiger partial charge on any atom is -0.271 e. The first-order valence-electron chi connectivity index (χ1n) is 6.25. The van der Waals surface area contributed by atoms with Crippen LogP contribution in [0.2, 0.25) is 0 Å². The van der Waals surface area contributed by atoms with Gasteiger partial charge in [-0.3, -0.25) is 11.3 Å². The van der Waals surface area contributed by atoms with Crippen molar-refractivity contribution in [3.8, 4) is 0 Å². The quantitative estimate of drug-likeness (QED) is 0.654. The Morgan fingerprint density at radius 1 is 1.37 bits per heavy atom. The Labute approximate surface area is 121 Å². The van der Waals surface area contributed by atoms with Gasteiger partial charge in [-0.25, -0.2) is 4.68 Å². The van der Waals surface area contributed by atoms with Crippen molar-refractivity contribution in [3.05, 3.63) is 46.2 Å². The lowest BCUT2D eigenvalue weighted by Crippen LogP contribution is -2.34. The lowest BCUT2D eigenvalue weighted by molar-refractivity contribution is 0.418. The van der Waals surface area contributed by atoms with Crippen LogP contribution in [0.1, 0.15) is 36.6 Å². The molecule has 0 radical (unpaired) electrons. The molecule has 1 aromatic heterocycles. The molecule has 19 heavy (non-hydrogen) atoms. The zero-order valence-electron chi connectivity index (χ0n) is 11.0. The molecule has 0 aliphatic carbocycles. The molecule has 5 nitrogen and oxygen atoms in total. The van der Waals surface area contributed by atoms with E-state index in [1.165, 1.54) is 5.56 Å². The molecule has 3 N–H and O–H groups in total. The van der Waals surface area contributed by atoms with Crippen molar-refractivity contribution in [2.24, 2.45) is 12.9 Å². The van der Waals surface area contributed by atoms with E-state index in [2.05, 4.69) is 50.7 Å². The highest BCUT2D eigenvalue weighted by molar-refractivity contribution is 9.10. The molecular formula is C13H18BrN5. The fraction of sp³-hybridized carbons (Fsp3) is 0.385. The van der Waals surface area contributed by atoms with Gasteiger partial charge < -0.3 is 0 Å². The van der Waals surface area contributed by atoms with Crippen molar-refractivity contribution in [1.29, 1.82) is 0 Å². The number of aromatic nitrogens is 3. The van der Waals surface area contributed by atoms with Gasteiger partial charge in [0.15, 0.2) is 4.60 Å². The number of hydrogen-bond acceptors (Lipinski definition) is 4. The highest BCUT2D eigenvalue weighted by Gasteiger charge is 2.27. The van der Waals surface area contributed by atoms with Gasteiger partial charge in [-0.2, -0.15) is 0 Å². The summed E-state index contributed by atoms with van der Waals surface area (Å²) in [5.74, 6) is 6.04. The van der Waals surface area contributed by atoms with E-state index in [0.717, 1.165) is 16.7 Å². The first-order valence-corrected chi connectivity index (χ1v) is 7.04. The third kappa shape index (κ3) is 2.86. The maximum atomic E-state index is 5.78.